The van der Waals surface area contributed by atoms with Crippen molar-refractivity contribution in [1.29, 1.82) is 0 Å². The van der Waals surface area contributed by atoms with Crippen LogP contribution in [0.3, 0.4) is 0 Å². The first-order valence-electron chi connectivity index (χ1n) is 17.6. The maximum absolute atomic E-state index is 2.56. The number of thiophene rings is 2. The number of allylic oxidation sites excluding steroid dienone is 1. The van der Waals surface area contributed by atoms with Gasteiger partial charge in [-0.05, 0) is 79.6 Å². The molecule has 51 heavy (non-hydrogen) atoms. The molecular formula is C46H29N3S2. The fourth-order valence-electron chi connectivity index (χ4n) is 8.79. The van der Waals surface area contributed by atoms with Crippen molar-refractivity contribution < 1.29 is 0 Å². The molecule has 1 aliphatic rings. The van der Waals surface area contributed by atoms with Gasteiger partial charge < -0.3 is 13.7 Å². The van der Waals surface area contributed by atoms with Gasteiger partial charge in [-0.3, -0.25) is 0 Å². The van der Waals surface area contributed by atoms with Gasteiger partial charge in [-0.15, -0.1) is 22.7 Å². The molecule has 5 aromatic heterocycles. The summed E-state index contributed by atoms with van der Waals surface area (Å²) < 4.78 is 10.2. The number of hydrogen-bond donors (Lipinski definition) is 0. The number of rotatable bonds is 3. The van der Waals surface area contributed by atoms with Crippen molar-refractivity contribution in [3.05, 3.63) is 157 Å². The largest absolute Gasteiger partial charge is 0.309 e. The van der Waals surface area contributed by atoms with Crippen molar-refractivity contribution in [2.24, 2.45) is 0 Å². The van der Waals surface area contributed by atoms with E-state index >= 15 is 0 Å². The lowest BCUT2D eigenvalue weighted by Crippen LogP contribution is -2.02. The Hall–Kier alpha value is -5.88. The van der Waals surface area contributed by atoms with Crippen LogP contribution in [0.5, 0.6) is 0 Å². The van der Waals surface area contributed by atoms with Crippen LogP contribution in [0.2, 0.25) is 0 Å². The molecule has 0 N–H and O–H groups in total. The van der Waals surface area contributed by atoms with Gasteiger partial charge in [-0.2, -0.15) is 0 Å². The second-order valence-corrected chi connectivity index (χ2v) is 15.7. The van der Waals surface area contributed by atoms with Crippen molar-refractivity contribution in [2.45, 2.75) is 12.8 Å². The Morgan fingerprint density at radius 3 is 1.73 bits per heavy atom. The number of benzene rings is 6. The fraction of sp³-hybridized carbons (Fsp3) is 0.0435. The molecule has 3 nitrogen and oxygen atoms in total. The highest BCUT2D eigenvalue weighted by atomic mass is 32.1. The lowest BCUT2D eigenvalue weighted by Gasteiger charge is -2.14. The van der Waals surface area contributed by atoms with Gasteiger partial charge in [-0.1, -0.05) is 84.9 Å². The Labute approximate surface area is 301 Å². The highest BCUT2D eigenvalue weighted by Crippen LogP contribution is 2.46. The summed E-state index contributed by atoms with van der Waals surface area (Å²) in [5.41, 5.74) is 10.1. The molecule has 0 unspecified atom stereocenters. The number of fused-ring (bicyclic) bond motifs is 13. The van der Waals surface area contributed by atoms with Crippen LogP contribution in [0.15, 0.2) is 146 Å². The van der Waals surface area contributed by atoms with E-state index in [1.807, 2.05) is 22.7 Å². The Bertz CT molecular complexity index is 3250. The summed E-state index contributed by atoms with van der Waals surface area (Å²) in [7, 11) is 0. The van der Waals surface area contributed by atoms with Gasteiger partial charge >= 0.3 is 0 Å². The van der Waals surface area contributed by atoms with Crippen LogP contribution >= 0.6 is 22.7 Å². The first-order valence-corrected chi connectivity index (χ1v) is 19.2. The van der Waals surface area contributed by atoms with Crippen molar-refractivity contribution in [3.8, 4) is 17.1 Å². The second kappa shape index (κ2) is 10.3. The third-order valence-corrected chi connectivity index (χ3v) is 13.2. The molecule has 11 aromatic rings. The summed E-state index contributed by atoms with van der Waals surface area (Å²) in [6.07, 6.45) is 6.81. The average molecular weight is 688 g/mol. The summed E-state index contributed by atoms with van der Waals surface area (Å²) in [4.78, 5) is 2.63. The van der Waals surface area contributed by atoms with E-state index in [4.69, 9.17) is 0 Å². The molecule has 0 saturated carbocycles. The third kappa shape index (κ3) is 3.77. The van der Waals surface area contributed by atoms with Crippen molar-refractivity contribution >= 4 is 102 Å². The first kappa shape index (κ1) is 27.9. The van der Waals surface area contributed by atoms with E-state index in [0.717, 1.165) is 12.8 Å². The summed E-state index contributed by atoms with van der Waals surface area (Å²) in [6, 6.07) is 51.6. The average Bonchev–Trinajstić information content (AvgIpc) is 3.97. The van der Waals surface area contributed by atoms with Gasteiger partial charge in [0.25, 0.3) is 0 Å². The zero-order chi connectivity index (χ0) is 33.2. The highest BCUT2D eigenvalue weighted by Gasteiger charge is 2.24. The molecule has 0 bridgehead atoms. The van der Waals surface area contributed by atoms with E-state index in [1.165, 1.54) is 102 Å². The van der Waals surface area contributed by atoms with E-state index in [-0.39, 0.29) is 0 Å². The number of nitrogens with zero attached hydrogens (tertiary/aromatic N) is 3. The standard InChI is InChI=1S/C46H29N3S2/c1-2-12-28(13-3-1)47-39-24-22-29(48-37-18-8-4-14-31(37)43-33-16-6-10-20-41(33)50-45(43)48)26-35(39)36-27-30(23-25-40(36)47)49-38-19-9-5-15-32(38)44-34-17-7-11-21-42(34)51-46(44)49/h1-8,10-18,20-27H,9,19H2. The van der Waals surface area contributed by atoms with Gasteiger partial charge in [0.05, 0.1) is 16.6 Å². The lowest BCUT2D eigenvalue weighted by molar-refractivity contribution is 0.891. The molecule has 12 rings (SSSR count). The first-order chi connectivity index (χ1) is 25.3. The Balaban J connectivity index is 1.17. The van der Waals surface area contributed by atoms with Crippen LogP contribution in [0, 0.1) is 0 Å². The predicted octanol–water partition coefficient (Wildman–Crippen LogP) is 13.2. The van der Waals surface area contributed by atoms with Crippen molar-refractivity contribution in [2.75, 3.05) is 0 Å². The minimum Gasteiger partial charge on any atom is -0.309 e. The molecule has 1 aliphatic carbocycles. The Morgan fingerprint density at radius 2 is 1.00 bits per heavy atom. The van der Waals surface area contributed by atoms with Gasteiger partial charge in [0.15, 0.2) is 0 Å². The molecule has 5 heterocycles. The predicted molar refractivity (Wildman–Crippen MR) is 220 cm³/mol. The molecular weight excluding hydrogens is 659 g/mol. The number of aromatic nitrogens is 3. The van der Waals surface area contributed by atoms with Crippen LogP contribution in [-0.4, -0.2) is 13.7 Å². The summed E-state index contributed by atoms with van der Waals surface area (Å²) in [6.45, 7) is 0. The fourth-order valence-corrected chi connectivity index (χ4v) is 11.3. The number of hydrogen-bond acceptors (Lipinski definition) is 2. The zero-order valence-corrected chi connectivity index (χ0v) is 29.1. The monoisotopic (exact) mass is 687 g/mol. The topological polar surface area (TPSA) is 14.8 Å². The second-order valence-electron chi connectivity index (χ2n) is 13.6. The molecule has 5 heteroatoms. The van der Waals surface area contributed by atoms with E-state index in [0.29, 0.717) is 0 Å². The molecule has 0 aliphatic heterocycles. The van der Waals surface area contributed by atoms with Crippen molar-refractivity contribution in [1.82, 2.24) is 13.7 Å². The smallest absolute Gasteiger partial charge is 0.109 e. The Kier molecular flexibility index (Phi) is 5.65. The van der Waals surface area contributed by atoms with E-state index in [9.17, 15) is 0 Å². The van der Waals surface area contributed by atoms with Gasteiger partial charge in [0.1, 0.15) is 9.66 Å². The molecule has 0 amide bonds. The van der Waals surface area contributed by atoms with E-state index in [2.05, 4.69) is 165 Å². The van der Waals surface area contributed by atoms with Gasteiger partial charge in [0, 0.05) is 75.4 Å². The van der Waals surface area contributed by atoms with Crippen LogP contribution in [0.1, 0.15) is 17.7 Å². The van der Waals surface area contributed by atoms with E-state index < -0.39 is 0 Å². The van der Waals surface area contributed by atoms with Gasteiger partial charge in [0.2, 0.25) is 0 Å². The molecule has 0 fully saturated rings. The summed E-state index contributed by atoms with van der Waals surface area (Å²) in [5, 5.41) is 9.25. The highest BCUT2D eigenvalue weighted by molar-refractivity contribution is 7.26. The normalized spacial score (nSPS) is 13.3. The zero-order valence-electron chi connectivity index (χ0n) is 27.5. The van der Waals surface area contributed by atoms with Crippen LogP contribution in [0.25, 0.3) is 96.5 Å². The third-order valence-electron chi connectivity index (χ3n) is 10.9. The lowest BCUT2D eigenvalue weighted by atomic mass is 10.0. The molecule has 0 atom stereocenters. The summed E-state index contributed by atoms with van der Waals surface area (Å²) in [5.74, 6) is 0. The molecule has 0 radical (unpaired) electrons. The maximum atomic E-state index is 2.56. The SMILES string of the molecule is C1=Cc2c(n(-c3ccc4c(c3)c3cc(-n5c6ccccc6c6c7ccccc7sc65)ccc3n4-c3ccccc3)c3sc4ccccc4c23)CC1. The maximum Gasteiger partial charge on any atom is 0.109 e. The quantitative estimate of drug-likeness (QED) is 0.176. The molecule has 240 valence electrons. The molecule has 0 saturated heterocycles. The Morgan fingerprint density at radius 1 is 0.431 bits per heavy atom. The van der Waals surface area contributed by atoms with Gasteiger partial charge in [-0.25, -0.2) is 0 Å². The number of para-hydroxylation sites is 2. The van der Waals surface area contributed by atoms with Crippen molar-refractivity contribution in [3.63, 3.8) is 0 Å². The molecule has 0 spiro atoms. The van der Waals surface area contributed by atoms with Crippen LogP contribution < -0.4 is 0 Å². The van der Waals surface area contributed by atoms with Crippen LogP contribution in [0.4, 0.5) is 0 Å². The van der Waals surface area contributed by atoms with E-state index in [1.54, 1.807) is 0 Å². The summed E-state index contributed by atoms with van der Waals surface area (Å²) >= 11 is 3.80. The van der Waals surface area contributed by atoms with Crippen LogP contribution in [-0.2, 0) is 6.42 Å². The minimum atomic E-state index is 1.04. The molecule has 6 aromatic carbocycles. The minimum absolute atomic E-state index is 1.04.